The van der Waals surface area contributed by atoms with Gasteiger partial charge in [-0.2, -0.15) is 5.10 Å². The predicted octanol–water partition coefficient (Wildman–Crippen LogP) is 3.95. The summed E-state index contributed by atoms with van der Waals surface area (Å²) in [5.41, 5.74) is 4.35. The van der Waals surface area contributed by atoms with Crippen molar-refractivity contribution in [1.29, 1.82) is 0 Å². The van der Waals surface area contributed by atoms with Crippen LogP contribution in [0.25, 0.3) is 0 Å². The maximum absolute atomic E-state index is 11.9. The quantitative estimate of drug-likeness (QED) is 0.479. The van der Waals surface area contributed by atoms with Gasteiger partial charge in [-0.15, -0.1) is 0 Å². The Hall–Kier alpha value is -2.54. The maximum atomic E-state index is 11.9. The molecule has 0 aromatic heterocycles. The minimum absolute atomic E-state index is 0.110. The number of ether oxygens (including phenoxy) is 3. The number of benzene rings is 2. The van der Waals surface area contributed by atoms with Crippen molar-refractivity contribution in [3.63, 3.8) is 0 Å². The van der Waals surface area contributed by atoms with Crippen LogP contribution < -0.4 is 19.6 Å². The largest absolute Gasteiger partial charge is 0.493 e. The number of nitrogens with zero attached hydrogens (tertiary/aromatic N) is 1. The van der Waals surface area contributed by atoms with E-state index < -0.39 is 0 Å². The Morgan fingerprint density at radius 1 is 1.22 bits per heavy atom. The number of hydrazone groups is 1. The number of halogens is 1. The molecule has 0 aliphatic carbocycles. The Kier molecular flexibility index (Phi) is 8.13. The minimum atomic E-state index is -0.342. The predicted molar refractivity (Wildman–Crippen MR) is 109 cm³/mol. The summed E-state index contributed by atoms with van der Waals surface area (Å²) < 4.78 is 17.1. The molecule has 27 heavy (non-hydrogen) atoms. The molecule has 7 heteroatoms. The zero-order valence-electron chi connectivity index (χ0n) is 15.6. The van der Waals surface area contributed by atoms with Gasteiger partial charge in [0.15, 0.2) is 18.1 Å². The molecule has 1 N–H and O–H groups in total. The molecule has 6 nitrogen and oxygen atoms in total. The lowest BCUT2D eigenvalue weighted by atomic mass is 10.2. The Labute approximate surface area is 167 Å². The summed E-state index contributed by atoms with van der Waals surface area (Å²) >= 11 is 3.45. The molecule has 0 radical (unpaired) electrons. The average molecular weight is 435 g/mol. The second kappa shape index (κ2) is 10.6. The minimum Gasteiger partial charge on any atom is -0.493 e. The average Bonchev–Trinajstić information content (AvgIpc) is 2.68. The van der Waals surface area contributed by atoms with Crippen LogP contribution in [0.4, 0.5) is 0 Å². The number of amides is 1. The van der Waals surface area contributed by atoms with Gasteiger partial charge in [0.05, 0.1) is 24.4 Å². The van der Waals surface area contributed by atoms with Gasteiger partial charge >= 0.3 is 0 Å². The van der Waals surface area contributed by atoms with Crippen LogP contribution in [0.1, 0.15) is 25.0 Å². The molecule has 0 aliphatic heterocycles. The van der Waals surface area contributed by atoms with Crippen LogP contribution in [0, 0.1) is 0 Å². The van der Waals surface area contributed by atoms with Gasteiger partial charge in [0.1, 0.15) is 5.75 Å². The molecule has 0 saturated heterocycles. The number of nitrogens with one attached hydrogen (secondary N) is 1. The lowest BCUT2D eigenvalue weighted by molar-refractivity contribution is -0.123. The van der Waals surface area contributed by atoms with Gasteiger partial charge < -0.3 is 14.2 Å². The molecular formula is C20H23BrN2O4. The van der Waals surface area contributed by atoms with Crippen molar-refractivity contribution in [3.05, 3.63) is 52.0 Å². The first-order chi connectivity index (χ1) is 13.1. The topological polar surface area (TPSA) is 69.2 Å². The van der Waals surface area contributed by atoms with E-state index in [0.29, 0.717) is 23.9 Å². The Bertz CT molecular complexity index is 809. The molecule has 0 saturated carbocycles. The maximum Gasteiger partial charge on any atom is 0.277 e. The van der Waals surface area contributed by atoms with Gasteiger partial charge in [0.25, 0.3) is 5.91 Å². The smallest absolute Gasteiger partial charge is 0.277 e. The standard InChI is InChI=1S/C20H23BrN2O4/c1-4-14-7-6-8-16(9-14)27-13-19(24)23-22-12-15-10-17(21)20(26-5-2)18(11-15)25-3/h6-12H,4-5,13H2,1-3H3,(H,23,24). The second-order valence-electron chi connectivity index (χ2n) is 5.55. The first kappa shape index (κ1) is 20.8. The fraction of sp³-hybridized carbons (Fsp3) is 0.300. The monoisotopic (exact) mass is 434 g/mol. The molecule has 0 heterocycles. The van der Waals surface area contributed by atoms with Crippen LogP contribution in [0.5, 0.6) is 17.2 Å². The van der Waals surface area contributed by atoms with Gasteiger partial charge in [0, 0.05) is 0 Å². The fourth-order valence-corrected chi connectivity index (χ4v) is 2.89. The first-order valence-electron chi connectivity index (χ1n) is 8.61. The van der Waals surface area contributed by atoms with E-state index in [4.69, 9.17) is 14.2 Å². The van der Waals surface area contributed by atoms with E-state index in [1.807, 2.05) is 37.3 Å². The molecule has 0 spiro atoms. The highest BCUT2D eigenvalue weighted by Gasteiger charge is 2.10. The molecule has 2 aromatic carbocycles. The zero-order chi connectivity index (χ0) is 19.6. The van der Waals surface area contributed by atoms with E-state index >= 15 is 0 Å². The molecule has 2 rings (SSSR count). The zero-order valence-corrected chi connectivity index (χ0v) is 17.2. The highest BCUT2D eigenvalue weighted by atomic mass is 79.9. The van der Waals surface area contributed by atoms with Crippen LogP contribution >= 0.6 is 15.9 Å². The third-order valence-electron chi connectivity index (χ3n) is 3.62. The molecule has 0 atom stereocenters. The van der Waals surface area contributed by atoms with E-state index in [2.05, 4.69) is 33.4 Å². The number of methoxy groups -OCH3 is 1. The van der Waals surface area contributed by atoms with E-state index in [9.17, 15) is 4.79 Å². The summed E-state index contributed by atoms with van der Waals surface area (Å²) in [6.07, 6.45) is 2.44. The molecule has 1 amide bonds. The number of carbonyl (C=O) groups excluding carboxylic acids is 1. The van der Waals surface area contributed by atoms with Crippen molar-refractivity contribution in [2.24, 2.45) is 5.10 Å². The van der Waals surface area contributed by atoms with E-state index in [1.54, 1.807) is 13.2 Å². The van der Waals surface area contributed by atoms with Gasteiger partial charge in [-0.1, -0.05) is 19.1 Å². The van der Waals surface area contributed by atoms with Gasteiger partial charge in [0.2, 0.25) is 0 Å². The van der Waals surface area contributed by atoms with E-state index in [-0.39, 0.29) is 12.5 Å². The normalized spacial score (nSPS) is 10.7. The second-order valence-corrected chi connectivity index (χ2v) is 6.40. The number of hydrogen-bond donors (Lipinski definition) is 1. The fourth-order valence-electron chi connectivity index (χ4n) is 2.31. The summed E-state index contributed by atoms with van der Waals surface area (Å²) in [4.78, 5) is 11.9. The summed E-state index contributed by atoms with van der Waals surface area (Å²) in [5.74, 6) is 1.53. The molecule has 0 aliphatic rings. The first-order valence-corrected chi connectivity index (χ1v) is 9.40. The third-order valence-corrected chi connectivity index (χ3v) is 4.21. The molecular weight excluding hydrogens is 412 g/mol. The Morgan fingerprint density at radius 3 is 2.74 bits per heavy atom. The highest BCUT2D eigenvalue weighted by molar-refractivity contribution is 9.10. The third kappa shape index (κ3) is 6.29. The molecule has 0 fully saturated rings. The molecule has 0 unspecified atom stereocenters. The molecule has 0 bridgehead atoms. The number of hydrogen-bond acceptors (Lipinski definition) is 5. The summed E-state index contributed by atoms with van der Waals surface area (Å²) in [7, 11) is 1.57. The van der Waals surface area contributed by atoms with Crippen molar-refractivity contribution < 1.29 is 19.0 Å². The molecule has 144 valence electrons. The van der Waals surface area contributed by atoms with Crippen LogP contribution in [0.3, 0.4) is 0 Å². The van der Waals surface area contributed by atoms with Crippen molar-refractivity contribution >= 4 is 28.1 Å². The van der Waals surface area contributed by atoms with Crippen molar-refractivity contribution in [3.8, 4) is 17.2 Å². The van der Waals surface area contributed by atoms with Crippen molar-refractivity contribution in [1.82, 2.24) is 5.43 Å². The van der Waals surface area contributed by atoms with Crippen LogP contribution in [0.15, 0.2) is 46.0 Å². The molecule has 2 aromatic rings. The highest BCUT2D eigenvalue weighted by Crippen LogP contribution is 2.36. The Balaban J connectivity index is 1.92. The van der Waals surface area contributed by atoms with Crippen LogP contribution in [-0.2, 0) is 11.2 Å². The van der Waals surface area contributed by atoms with Crippen molar-refractivity contribution in [2.75, 3.05) is 20.3 Å². The van der Waals surface area contributed by atoms with Gasteiger partial charge in [-0.3, -0.25) is 4.79 Å². The number of rotatable bonds is 9. The Morgan fingerprint density at radius 2 is 2.04 bits per heavy atom. The summed E-state index contributed by atoms with van der Waals surface area (Å²) in [6.45, 7) is 4.38. The van der Waals surface area contributed by atoms with Crippen LogP contribution in [-0.4, -0.2) is 32.4 Å². The van der Waals surface area contributed by atoms with Gasteiger partial charge in [-0.05, 0) is 64.7 Å². The van der Waals surface area contributed by atoms with E-state index in [1.165, 1.54) is 6.21 Å². The lowest BCUT2D eigenvalue weighted by Crippen LogP contribution is -2.24. The summed E-state index contributed by atoms with van der Waals surface area (Å²) in [5, 5.41) is 3.96. The van der Waals surface area contributed by atoms with E-state index in [0.717, 1.165) is 22.0 Å². The summed E-state index contributed by atoms with van der Waals surface area (Å²) in [6, 6.07) is 11.3. The number of carbonyl (C=O) groups is 1. The SMILES string of the molecule is CCOc1c(Br)cc(C=NNC(=O)COc2cccc(CC)c2)cc1OC. The number of aryl methyl sites for hydroxylation is 1. The van der Waals surface area contributed by atoms with Crippen LogP contribution in [0.2, 0.25) is 0 Å². The van der Waals surface area contributed by atoms with Gasteiger partial charge in [-0.25, -0.2) is 5.43 Å². The van der Waals surface area contributed by atoms with Crippen molar-refractivity contribution in [2.45, 2.75) is 20.3 Å². The lowest BCUT2D eigenvalue weighted by Gasteiger charge is -2.12.